The smallest absolute Gasteiger partial charge is 0.491 e. The van der Waals surface area contributed by atoms with Gasteiger partial charge in [-0.3, -0.25) is 0 Å². The lowest BCUT2D eigenvalue weighted by Gasteiger charge is -2.32. The van der Waals surface area contributed by atoms with Crippen molar-refractivity contribution in [1.82, 2.24) is 0 Å². The van der Waals surface area contributed by atoms with E-state index >= 15 is 4.39 Å². The Hall–Kier alpha value is -1.37. The molecular formula is C22H32BFO4. The minimum atomic E-state index is -1.02. The molecule has 1 saturated carbocycles. The van der Waals surface area contributed by atoms with Gasteiger partial charge >= 0.3 is 7.12 Å². The highest BCUT2D eigenvalue weighted by atomic mass is 19.1. The molecular weight excluding hydrogens is 358 g/mol. The highest BCUT2D eigenvalue weighted by Crippen LogP contribution is 2.40. The minimum Gasteiger partial charge on any atom is -0.491 e. The van der Waals surface area contributed by atoms with E-state index in [1.807, 2.05) is 45.9 Å². The van der Waals surface area contributed by atoms with Crippen LogP contribution in [-0.2, 0) is 9.31 Å². The molecule has 1 aromatic carbocycles. The van der Waals surface area contributed by atoms with Crippen molar-refractivity contribution < 1.29 is 23.5 Å². The molecule has 2 aliphatic rings. The monoisotopic (exact) mass is 390 g/mol. The Balaban J connectivity index is 1.73. The molecule has 0 spiro atoms. The summed E-state index contributed by atoms with van der Waals surface area (Å²) in [6, 6.07) is 7.29. The summed E-state index contributed by atoms with van der Waals surface area (Å²) in [6.07, 6.45) is 4.76. The largest absolute Gasteiger partial charge is 0.525 e. The highest BCUT2D eigenvalue weighted by Gasteiger charge is 2.53. The van der Waals surface area contributed by atoms with Crippen molar-refractivity contribution in [2.24, 2.45) is 0 Å². The molecule has 0 aromatic heterocycles. The molecule has 6 heteroatoms. The van der Waals surface area contributed by atoms with Crippen LogP contribution in [0.1, 0.15) is 72.3 Å². The average Bonchev–Trinajstić information content (AvgIpc) is 2.87. The first-order valence-corrected chi connectivity index (χ1v) is 10.2. The van der Waals surface area contributed by atoms with E-state index in [9.17, 15) is 5.11 Å². The van der Waals surface area contributed by atoms with Gasteiger partial charge in [0, 0.05) is 0 Å². The summed E-state index contributed by atoms with van der Waals surface area (Å²) in [5, 5.41) is 10.6. The second-order valence-electron chi connectivity index (χ2n) is 9.16. The van der Waals surface area contributed by atoms with Crippen molar-refractivity contribution in [1.29, 1.82) is 0 Å². The molecule has 4 nitrogen and oxygen atoms in total. The molecule has 1 aromatic rings. The van der Waals surface area contributed by atoms with Gasteiger partial charge < -0.3 is 19.2 Å². The van der Waals surface area contributed by atoms with Gasteiger partial charge in [-0.05, 0) is 70.7 Å². The predicted molar refractivity (Wildman–Crippen MR) is 110 cm³/mol. The number of ether oxygens (including phenoxy) is 1. The molecule has 0 unspecified atom stereocenters. The number of hydrogen-bond donors (Lipinski definition) is 1. The molecule has 1 aliphatic heterocycles. The van der Waals surface area contributed by atoms with Crippen LogP contribution >= 0.6 is 0 Å². The first-order valence-electron chi connectivity index (χ1n) is 10.2. The van der Waals surface area contributed by atoms with Crippen LogP contribution in [0.2, 0.25) is 0 Å². The first-order chi connectivity index (χ1) is 13.0. The van der Waals surface area contributed by atoms with Gasteiger partial charge in [-0.2, -0.15) is 0 Å². The van der Waals surface area contributed by atoms with E-state index in [0.29, 0.717) is 16.9 Å². The Morgan fingerprint density at radius 3 is 2.32 bits per heavy atom. The van der Waals surface area contributed by atoms with Crippen molar-refractivity contribution in [3.8, 4) is 5.75 Å². The van der Waals surface area contributed by atoms with Crippen molar-refractivity contribution in [3.63, 3.8) is 0 Å². The van der Waals surface area contributed by atoms with Crippen molar-refractivity contribution >= 4 is 12.7 Å². The number of halogens is 1. The zero-order valence-electron chi connectivity index (χ0n) is 17.7. The SMILES string of the molecule is CC(=C(F)B1OC(C)(C)C(C)(C)O1)c1cccc(OCC2(O)CCCCC2)c1. The molecule has 0 bridgehead atoms. The van der Waals surface area contributed by atoms with Gasteiger partial charge in [0.2, 0.25) is 0 Å². The normalized spacial score (nSPS) is 24.0. The third-order valence-corrected chi connectivity index (χ3v) is 6.38. The lowest BCUT2D eigenvalue weighted by molar-refractivity contribution is -0.0339. The molecule has 28 heavy (non-hydrogen) atoms. The molecule has 3 rings (SSSR count). The van der Waals surface area contributed by atoms with E-state index in [1.165, 1.54) is 6.42 Å². The van der Waals surface area contributed by atoms with Gasteiger partial charge in [0.15, 0.2) is 0 Å². The quantitative estimate of drug-likeness (QED) is 0.712. The lowest BCUT2D eigenvalue weighted by Crippen LogP contribution is -2.41. The summed E-state index contributed by atoms with van der Waals surface area (Å²) in [6.45, 7) is 9.59. The molecule has 154 valence electrons. The molecule has 0 amide bonds. The van der Waals surface area contributed by atoms with Crippen LogP contribution in [-0.4, -0.2) is 35.6 Å². The average molecular weight is 390 g/mol. The van der Waals surface area contributed by atoms with Crippen LogP contribution in [0.15, 0.2) is 30.0 Å². The molecule has 0 atom stereocenters. The second-order valence-corrected chi connectivity index (χ2v) is 9.16. The Kier molecular flexibility index (Phi) is 5.95. The number of aliphatic hydroxyl groups is 1. The maximum absolute atomic E-state index is 15.1. The summed E-state index contributed by atoms with van der Waals surface area (Å²) in [5.74, 6) is 0.623. The fourth-order valence-corrected chi connectivity index (χ4v) is 3.65. The number of allylic oxidation sites excluding steroid dienone is 1. The van der Waals surface area contributed by atoms with Crippen LogP contribution in [0.5, 0.6) is 5.75 Å². The summed E-state index contributed by atoms with van der Waals surface area (Å²) >= 11 is 0. The highest BCUT2D eigenvalue weighted by molar-refractivity contribution is 6.55. The lowest BCUT2D eigenvalue weighted by atomic mass is 9.83. The topological polar surface area (TPSA) is 47.9 Å². The van der Waals surface area contributed by atoms with Crippen LogP contribution in [0.3, 0.4) is 0 Å². The van der Waals surface area contributed by atoms with Gasteiger partial charge in [-0.1, -0.05) is 31.4 Å². The molecule has 0 radical (unpaired) electrons. The van der Waals surface area contributed by atoms with Crippen molar-refractivity contribution in [3.05, 3.63) is 35.6 Å². The van der Waals surface area contributed by atoms with Gasteiger partial charge in [0.1, 0.15) is 18.1 Å². The molecule has 1 N–H and O–H groups in total. The predicted octanol–water partition coefficient (Wildman–Crippen LogP) is 5.09. The molecule has 2 fully saturated rings. The Morgan fingerprint density at radius 2 is 1.71 bits per heavy atom. The van der Waals surface area contributed by atoms with Crippen molar-refractivity contribution in [2.45, 2.75) is 83.5 Å². The second kappa shape index (κ2) is 7.81. The van der Waals surface area contributed by atoms with E-state index in [1.54, 1.807) is 13.0 Å². The third kappa shape index (κ3) is 4.45. The van der Waals surface area contributed by atoms with E-state index in [2.05, 4.69) is 0 Å². The summed E-state index contributed by atoms with van der Waals surface area (Å²) < 4.78 is 32.6. The molecule has 1 heterocycles. The zero-order chi connectivity index (χ0) is 20.6. The third-order valence-electron chi connectivity index (χ3n) is 6.38. The van der Waals surface area contributed by atoms with Crippen LogP contribution < -0.4 is 4.74 Å². The minimum absolute atomic E-state index is 0.263. The Bertz CT molecular complexity index is 722. The number of benzene rings is 1. The van der Waals surface area contributed by atoms with E-state index < -0.39 is 29.6 Å². The first kappa shape index (κ1) is 21.3. The maximum atomic E-state index is 15.1. The van der Waals surface area contributed by atoms with Crippen molar-refractivity contribution in [2.75, 3.05) is 6.61 Å². The van der Waals surface area contributed by atoms with Gasteiger partial charge in [-0.15, -0.1) is 0 Å². The number of hydrogen-bond acceptors (Lipinski definition) is 4. The fourth-order valence-electron chi connectivity index (χ4n) is 3.65. The summed E-state index contributed by atoms with van der Waals surface area (Å²) in [4.78, 5) is 0. The zero-order valence-corrected chi connectivity index (χ0v) is 17.7. The summed E-state index contributed by atoms with van der Waals surface area (Å²) in [5.41, 5.74) is -1.19. The summed E-state index contributed by atoms with van der Waals surface area (Å²) in [7, 11) is -1.02. The van der Waals surface area contributed by atoms with Crippen LogP contribution in [0.25, 0.3) is 5.57 Å². The van der Waals surface area contributed by atoms with E-state index in [-0.39, 0.29) is 6.61 Å². The van der Waals surface area contributed by atoms with Gasteiger partial charge in [0.05, 0.1) is 16.8 Å². The standard InChI is InChI=1S/C22H32BFO4/c1-16(19(24)23-27-20(2,3)21(4,5)28-23)17-10-9-11-18(14-17)26-15-22(25)12-7-6-8-13-22/h9-11,14,25H,6-8,12-13,15H2,1-5H3. The van der Waals surface area contributed by atoms with Gasteiger partial charge in [-0.25, -0.2) is 4.39 Å². The maximum Gasteiger partial charge on any atom is 0.525 e. The Morgan fingerprint density at radius 1 is 1.11 bits per heavy atom. The fraction of sp³-hybridized carbons (Fsp3) is 0.636. The van der Waals surface area contributed by atoms with Gasteiger partial charge in [0.25, 0.3) is 0 Å². The molecule has 1 aliphatic carbocycles. The van der Waals surface area contributed by atoms with Crippen LogP contribution in [0.4, 0.5) is 4.39 Å². The molecule has 1 saturated heterocycles. The Labute approximate surface area is 168 Å². The number of rotatable bonds is 5. The van der Waals surface area contributed by atoms with Crippen LogP contribution in [0, 0.1) is 0 Å². The van der Waals surface area contributed by atoms with E-state index in [0.717, 1.165) is 25.7 Å². The van der Waals surface area contributed by atoms with E-state index in [4.69, 9.17) is 14.0 Å².